The molecule has 0 aromatic carbocycles. The van der Waals surface area contributed by atoms with E-state index in [9.17, 15) is 0 Å². The fourth-order valence-corrected chi connectivity index (χ4v) is 5.47. The van der Waals surface area contributed by atoms with Gasteiger partial charge in [-0.2, -0.15) is 0 Å². The summed E-state index contributed by atoms with van der Waals surface area (Å²) in [7, 11) is -1.70. The predicted octanol–water partition coefficient (Wildman–Crippen LogP) is 4.02. The average molecular weight is 417 g/mol. The van der Waals surface area contributed by atoms with E-state index in [0.29, 0.717) is 6.61 Å². The van der Waals surface area contributed by atoms with Gasteiger partial charge in [-0.05, 0) is 33.7 Å². The highest BCUT2D eigenvalue weighted by Crippen LogP contribution is 2.09. The van der Waals surface area contributed by atoms with Gasteiger partial charge in [0, 0.05) is 0 Å². The van der Waals surface area contributed by atoms with E-state index < -0.39 is 29.3 Å². The van der Waals surface area contributed by atoms with Crippen molar-refractivity contribution in [2.24, 2.45) is 0 Å². The Hall–Kier alpha value is 0.0106. The number of rotatable bonds is 18. The Morgan fingerprint density at radius 3 is 1.77 bits per heavy atom. The van der Waals surface area contributed by atoms with Gasteiger partial charge in [0.05, 0.1) is 6.61 Å². The smallest absolute Gasteiger partial charge is 0.188 e. The van der Waals surface area contributed by atoms with Crippen LogP contribution >= 0.6 is 0 Å². The minimum Gasteiger partial charge on any atom is -0.419 e. The molecular formula is C20H44O3Si3. The van der Waals surface area contributed by atoms with Gasteiger partial charge in [0.15, 0.2) is 35.6 Å². The molecule has 0 aromatic rings. The number of hydrogen-bond donors (Lipinski definition) is 0. The molecule has 0 amide bonds. The number of hydrogen-bond acceptors (Lipinski definition) is 3. The molecule has 0 saturated heterocycles. The summed E-state index contributed by atoms with van der Waals surface area (Å²) < 4.78 is 17.9. The van der Waals surface area contributed by atoms with E-state index in [-0.39, 0.29) is 6.29 Å². The lowest BCUT2D eigenvalue weighted by Crippen LogP contribution is -2.27. The molecule has 0 fully saturated rings. The van der Waals surface area contributed by atoms with Gasteiger partial charge in [-0.1, -0.05) is 80.8 Å². The third-order valence-electron chi connectivity index (χ3n) is 4.19. The molecule has 0 aliphatic heterocycles. The van der Waals surface area contributed by atoms with Gasteiger partial charge in [-0.3, -0.25) is 0 Å². The standard InChI is InChI=1S/C20H44O3Si3/c1-6-7-8-9-10-11-12-13-14-24-21-15-20(22-25-16-18(2)3)23-26-17-19(4)5/h16-17,20H,6-15,24-26H2,1-5H3. The lowest BCUT2D eigenvalue weighted by Gasteiger charge is -2.18. The fourth-order valence-electron chi connectivity index (χ4n) is 2.48. The van der Waals surface area contributed by atoms with Crippen molar-refractivity contribution in [1.29, 1.82) is 0 Å². The number of allylic oxidation sites excluding steroid dienone is 2. The summed E-state index contributed by atoms with van der Waals surface area (Å²) in [5.41, 5.74) is 7.14. The van der Waals surface area contributed by atoms with Crippen LogP contribution in [0, 0.1) is 0 Å². The van der Waals surface area contributed by atoms with Crippen molar-refractivity contribution in [3.05, 3.63) is 22.5 Å². The molecule has 26 heavy (non-hydrogen) atoms. The van der Waals surface area contributed by atoms with Crippen LogP contribution in [0.5, 0.6) is 0 Å². The van der Waals surface area contributed by atoms with Crippen LogP contribution in [0.25, 0.3) is 0 Å². The molecule has 0 aromatic heterocycles. The molecule has 0 aliphatic rings. The lowest BCUT2D eigenvalue weighted by molar-refractivity contribution is -0.0218. The van der Waals surface area contributed by atoms with Crippen LogP contribution in [0.1, 0.15) is 86.0 Å². The van der Waals surface area contributed by atoms with Gasteiger partial charge in [-0.25, -0.2) is 0 Å². The zero-order valence-electron chi connectivity index (χ0n) is 18.1. The molecule has 0 radical (unpaired) electrons. The van der Waals surface area contributed by atoms with E-state index >= 15 is 0 Å². The Morgan fingerprint density at radius 2 is 1.27 bits per heavy atom. The van der Waals surface area contributed by atoms with Crippen LogP contribution in [0.2, 0.25) is 6.04 Å². The lowest BCUT2D eigenvalue weighted by atomic mass is 10.1. The van der Waals surface area contributed by atoms with Crippen LogP contribution in [0.15, 0.2) is 22.5 Å². The maximum atomic E-state index is 5.97. The molecule has 0 N–H and O–H groups in total. The van der Waals surface area contributed by atoms with E-state index in [0.717, 1.165) is 0 Å². The van der Waals surface area contributed by atoms with E-state index in [1.54, 1.807) is 0 Å². The molecule has 0 atom stereocenters. The van der Waals surface area contributed by atoms with Crippen LogP contribution in [0.3, 0.4) is 0 Å². The van der Waals surface area contributed by atoms with Gasteiger partial charge in [0.1, 0.15) is 0 Å². The van der Waals surface area contributed by atoms with E-state index in [4.69, 9.17) is 13.3 Å². The molecule has 3 nitrogen and oxygen atoms in total. The summed E-state index contributed by atoms with van der Waals surface area (Å²) in [4.78, 5) is 0. The van der Waals surface area contributed by atoms with Crippen LogP contribution in [0.4, 0.5) is 0 Å². The normalized spacial score (nSPS) is 13.4. The second kappa shape index (κ2) is 19.8. The molecule has 0 spiro atoms. The van der Waals surface area contributed by atoms with E-state index in [2.05, 4.69) is 46.0 Å². The van der Waals surface area contributed by atoms with Crippen LogP contribution in [-0.2, 0) is 13.3 Å². The summed E-state index contributed by atoms with van der Waals surface area (Å²) in [6, 6.07) is 1.29. The van der Waals surface area contributed by atoms with Crippen molar-refractivity contribution in [3.8, 4) is 0 Å². The highest BCUT2D eigenvalue weighted by molar-refractivity contribution is 6.35. The Kier molecular flexibility index (Phi) is 19.8. The Balaban J connectivity index is 3.73. The van der Waals surface area contributed by atoms with Gasteiger partial charge < -0.3 is 13.3 Å². The maximum Gasteiger partial charge on any atom is 0.188 e. The molecule has 154 valence electrons. The second-order valence-corrected chi connectivity index (χ2v) is 11.2. The first kappa shape index (κ1) is 26.0. The van der Waals surface area contributed by atoms with Gasteiger partial charge >= 0.3 is 0 Å². The third kappa shape index (κ3) is 20.3. The molecule has 6 heteroatoms. The van der Waals surface area contributed by atoms with Crippen molar-refractivity contribution in [1.82, 2.24) is 0 Å². The van der Waals surface area contributed by atoms with Crippen LogP contribution in [-0.4, -0.2) is 42.2 Å². The van der Waals surface area contributed by atoms with Gasteiger partial charge in [-0.15, -0.1) is 0 Å². The van der Waals surface area contributed by atoms with Crippen molar-refractivity contribution in [2.45, 2.75) is 98.3 Å². The van der Waals surface area contributed by atoms with Crippen LogP contribution < -0.4 is 0 Å². The van der Waals surface area contributed by atoms with Crippen molar-refractivity contribution < 1.29 is 13.3 Å². The molecule has 0 unspecified atom stereocenters. The minimum atomic E-state index is -0.641. The Bertz CT molecular complexity index is 343. The fraction of sp³-hybridized carbons (Fsp3) is 0.800. The first-order valence-electron chi connectivity index (χ1n) is 10.6. The topological polar surface area (TPSA) is 27.7 Å². The molecule has 0 rings (SSSR count). The summed E-state index contributed by atoms with van der Waals surface area (Å²) in [6.45, 7) is 11.4. The first-order chi connectivity index (χ1) is 12.6. The second-order valence-electron chi connectivity index (χ2n) is 7.56. The highest BCUT2D eigenvalue weighted by atomic mass is 28.2. The SMILES string of the molecule is CCCCCCCCCC[SiH2]OCC(O[SiH2]C=C(C)C)O[SiH2]C=C(C)C. The minimum absolute atomic E-state index is 0.134. The Labute approximate surface area is 170 Å². The Morgan fingerprint density at radius 1 is 0.769 bits per heavy atom. The third-order valence-corrected chi connectivity index (χ3v) is 8.60. The highest BCUT2D eigenvalue weighted by Gasteiger charge is 2.08. The molecule has 0 saturated carbocycles. The van der Waals surface area contributed by atoms with E-state index in [1.807, 2.05) is 0 Å². The molecule has 0 aliphatic carbocycles. The summed E-state index contributed by atoms with van der Waals surface area (Å²) in [6.07, 6.45) is 11.0. The maximum absolute atomic E-state index is 5.97. The van der Waals surface area contributed by atoms with Crippen molar-refractivity contribution in [3.63, 3.8) is 0 Å². The average Bonchev–Trinajstić information content (AvgIpc) is 2.58. The van der Waals surface area contributed by atoms with Crippen molar-refractivity contribution >= 4 is 29.3 Å². The molecule has 0 bridgehead atoms. The summed E-state index contributed by atoms with van der Waals surface area (Å²) in [5.74, 6) is 0. The zero-order chi connectivity index (χ0) is 19.5. The monoisotopic (exact) mass is 416 g/mol. The largest absolute Gasteiger partial charge is 0.419 e. The number of unbranched alkanes of at least 4 members (excludes halogenated alkanes) is 7. The predicted molar refractivity (Wildman–Crippen MR) is 124 cm³/mol. The first-order valence-corrected chi connectivity index (χ1v) is 15.0. The molecule has 0 heterocycles. The zero-order valence-corrected chi connectivity index (χ0v) is 22.4. The summed E-state index contributed by atoms with van der Waals surface area (Å²) in [5, 5.41) is 0. The molecular weight excluding hydrogens is 372 g/mol. The quantitative estimate of drug-likeness (QED) is 0.192. The van der Waals surface area contributed by atoms with Crippen molar-refractivity contribution in [2.75, 3.05) is 6.61 Å². The van der Waals surface area contributed by atoms with Gasteiger partial charge in [0.25, 0.3) is 0 Å². The summed E-state index contributed by atoms with van der Waals surface area (Å²) >= 11 is 0. The van der Waals surface area contributed by atoms with E-state index in [1.165, 1.54) is 68.6 Å². The van der Waals surface area contributed by atoms with Gasteiger partial charge in [0.2, 0.25) is 0 Å².